The minimum absolute atomic E-state index is 0.0118. The van der Waals surface area contributed by atoms with Gasteiger partial charge in [0.25, 0.3) is 0 Å². The monoisotopic (exact) mass is 265 g/mol. The summed E-state index contributed by atoms with van der Waals surface area (Å²) in [5, 5.41) is 2.94. The first-order valence-electron chi connectivity index (χ1n) is 5.82. The van der Waals surface area contributed by atoms with Crippen molar-refractivity contribution in [1.82, 2.24) is 19.9 Å². The average Bonchev–Trinajstić information content (AvgIpc) is 3.07. The molecule has 1 aliphatic rings. The van der Waals surface area contributed by atoms with Crippen LogP contribution in [0, 0.1) is 11.8 Å². The van der Waals surface area contributed by atoms with E-state index in [-0.39, 0.29) is 22.9 Å². The number of imidazole rings is 1. The van der Waals surface area contributed by atoms with Crippen LogP contribution in [0.25, 0.3) is 11.2 Å². The van der Waals surface area contributed by atoms with Gasteiger partial charge in [-0.25, -0.2) is 4.98 Å². The fourth-order valence-electron chi connectivity index (χ4n) is 1.89. The molecule has 0 aliphatic heterocycles. The molecule has 0 aromatic carbocycles. The Kier molecular flexibility index (Phi) is 2.66. The Hall–Kier alpha value is -1.69. The molecule has 2 heterocycles. The van der Waals surface area contributed by atoms with Crippen molar-refractivity contribution < 1.29 is 4.79 Å². The third-order valence-corrected chi connectivity index (χ3v) is 3.49. The van der Waals surface area contributed by atoms with E-state index < -0.39 is 0 Å². The van der Waals surface area contributed by atoms with Crippen molar-refractivity contribution in [3.8, 4) is 0 Å². The molecule has 1 saturated carbocycles. The first-order valence-corrected chi connectivity index (χ1v) is 6.20. The summed E-state index contributed by atoms with van der Waals surface area (Å²) in [7, 11) is 0. The van der Waals surface area contributed by atoms with Gasteiger partial charge >= 0.3 is 0 Å². The highest BCUT2D eigenvalue weighted by atomic mass is 35.5. The van der Waals surface area contributed by atoms with Crippen LogP contribution >= 0.6 is 11.6 Å². The van der Waals surface area contributed by atoms with Crippen molar-refractivity contribution in [1.29, 1.82) is 0 Å². The van der Waals surface area contributed by atoms with Gasteiger partial charge in [-0.2, -0.15) is 9.97 Å². The molecule has 0 saturated heterocycles. The van der Waals surface area contributed by atoms with Gasteiger partial charge in [-0.15, -0.1) is 0 Å². The van der Waals surface area contributed by atoms with E-state index in [0.717, 1.165) is 12.8 Å². The maximum atomic E-state index is 11.9. The van der Waals surface area contributed by atoms with Crippen LogP contribution in [0.1, 0.15) is 19.8 Å². The van der Waals surface area contributed by atoms with Crippen LogP contribution in [0.2, 0.25) is 5.15 Å². The van der Waals surface area contributed by atoms with Crippen LogP contribution in [-0.2, 0) is 4.79 Å². The molecule has 0 spiro atoms. The van der Waals surface area contributed by atoms with Crippen LogP contribution in [0.3, 0.4) is 0 Å². The zero-order valence-electron chi connectivity index (χ0n) is 9.77. The summed E-state index contributed by atoms with van der Waals surface area (Å²) >= 11 is 5.97. The lowest BCUT2D eigenvalue weighted by atomic mass is 10.1. The van der Waals surface area contributed by atoms with Crippen molar-refractivity contribution in [2.75, 3.05) is 5.32 Å². The molecule has 3 rings (SSSR count). The number of fused-ring (bicyclic) bond motifs is 1. The van der Waals surface area contributed by atoms with Gasteiger partial charge in [0.05, 0.1) is 6.33 Å². The SMILES string of the molecule is CC(C(=O)Nc1nc(Cl)c2[nH]cnc2n1)C1CC1. The van der Waals surface area contributed by atoms with Gasteiger partial charge in [0.15, 0.2) is 10.8 Å². The predicted molar refractivity (Wildman–Crippen MR) is 67.2 cm³/mol. The Labute approximate surface area is 108 Å². The highest BCUT2D eigenvalue weighted by molar-refractivity contribution is 6.33. The zero-order valence-corrected chi connectivity index (χ0v) is 10.5. The number of aromatic nitrogens is 4. The van der Waals surface area contributed by atoms with Gasteiger partial charge in [0, 0.05) is 5.92 Å². The summed E-state index contributed by atoms with van der Waals surface area (Å²) in [5.41, 5.74) is 1.02. The lowest BCUT2D eigenvalue weighted by Gasteiger charge is -2.09. The Balaban J connectivity index is 1.83. The number of anilines is 1. The van der Waals surface area contributed by atoms with Crippen molar-refractivity contribution in [3.05, 3.63) is 11.5 Å². The molecule has 2 aromatic rings. The second-order valence-electron chi connectivity index (χ2n) is 4.55. The summed E-state index contributed by atoms with van der Waals surface area (Å²) in [4.78, 5) is 26.9. The number of hydrogen-bond donors (Lipinski definition) is 2. The van der Waals surface area contributed by atoms with E-state index in [4.69, 9.17) is 11.6 Å². The Bertz CT molecular complexity index is 606. The molecule has 1 fully saturated rings. The van der Waals surface area contributed by atoms with Gasteiger partial charge in [-0.1, -0.05) is 18.5 Å². The van der Waals surface area contributed by atoms with E-state index in [1.807, 2.05) is 6.92 Å². The Morgan fingerprint density at radius 3 is 3.06 bits per heavy atom. The number of nitrogens with zero attached hydrogens (tertiary/aromatic N) is 3. The number of carbonyl (C=O) groups excluding carboxylic acids is 1. The van der Waals surface area contributed by atoms with E-state index in [1.54, 1.807) is 0 Å². The van der Waals surface area contributed by atoms with Gasteiger partial charge in [0.2, 0.25) is 11.9 Å². The van der Waals surface area contributed by atoms with Crippen molar-refractivity contribution in [2.45, 2.75) is 19.8 Å². The molecular weight excluding hydrogens is 254 g/mol. The molecule has 6 nitrogen and oxygen atoms in total. The normalized spacial score (nSPS) is 16.8. The van der Waals surface area contributed by atoms with Gasteiger partial charge in [-0.3, -0.25) is 10.1 Å². The van der Waals surface area contributed by atoms with E-state index in [2.05, 4.69) is 25.3 Å². The van der Waals surface area contributed by atoms with Crippen LogP contribution in [-0.4, -0.2) is 25.8 Å². The van der Waals surface area contributed by atoms with Crippen LogP contribution in [0.4, 0.5) is 5.95 Å². The third-order valence-electron chi connectivity index (χ3n) is 3.22. The lowest BCUT2D eigenvalue weighted by Crippen LogP contribution is -2.23. The number of H-pyrrole nitrogens is 1. The molecule has 1 amide bonds. The summed E-state index contributed by atoms with van der Waals surface area (Å²) in [6.07, 6.45) is 3.73. The number of rotatable bonds is 3. The molecule has 7 heteroatoms. The largest absolute Gasteiger partial charge is 0.341 e. The van der Waals surface area contributed by atoms with Gasteiger partial charge < -0.3 is 4.98 Å². The second-order valence-corrected chi connectivity index (χ2v) is 4.91. The molecule has 1 aliphatic carbocycles. The summed E-state index contributed by atoms with van der Waals surface area (Å²) in [5.74, 6) is 0.623. The smallest absolute Gasteiger partial charge is 0.233 e. The summed E-state index contributed by atoms with van der Waals surface area (Å²) < 4.78 is 0. The first-order chi connectivity index (χ1) is 8.65. The minimum atomic E-state index is -0.0662. The molecular formula is C11H12ClN5O. The highest BCUT2D eigenvalue weighted by Crippen LogP contribution is 2.36. The van der Waals surface area contributed by atoms with Gasteiger partial charge in [-0.05, 0) is 18.8 Å². The maximum absolute atomic E-state index is 11.9. The number of amides is 1. The molecule has 1 unspecified atom stereocenters. The van der Waals surface area contributed by atoms with E-state index in [9.17, 15) is 4.79 Å². The second kappa shape index (κ2) is 4.20. The Morgan fingerprint density at radius 2 is 2.33 bits per heavy atom. The first kappa shape index (κ1) is 11.4. The number of aromatic amines is 1. The van der Waals surface area contributed by atoms with Crippen molar-refractivity contribution >= 4 is 34.6 Å². The zero-order chi connectivity index (χ0) is 12.7. The average molecular weight is 266 g/mol. The van der Waals surface area contributed by atoms with E-state index >= 15 is 0 Å². The third kappa shape index (κ3) is 2.03. The molecule has 2 N–H and O–H groups in total. The van der Waals surface area contributed by atoms with Crippen molar-refractivity contribution in [3.63, 3.8) is 0 Å². The Morgan fingerprint density at radius 1 is 1.56 bits per heavy atom. The molecule has 0 radical (unpaired) electrons. The molecule has 18 heavy (non-hydrogen) atoms. The van der Waals surface area contributed by atoms with E-state index in [1.165, 1.54) is 6.33 Å². The predicted octanol–water partition coefficient (Wildman–Crippen LogP) is 1.99. The topological polar surface area (TPSA) is 83.6 Å². The van der Waals surface area contributed by atoms with Gasteiger partial charge in [0.1, 0.15) is 5.52 Å². The van der Waals surface area contributed by atoms with E-state index in [0.29, 0.717) is 17.1 Å². The number of halogens is 1. The van der Waals surface area contributed by atoms with Crippen LogP contribution < -0.4 is 5.32 Å². The number of carbonyl (C=O) groups is 1. The van der Waals surface area contributed by atoms with Crippen molar-refractivity contribution in [2.24, 2.45) is 11.8 Å². The fourth-order valence-corrected chi connectivity index (χ4v) is 2.11. The quantitative estimate of drug-likeness (QED) is 0.832. The summed E-state index contributed by atoms with van der Waals surface area (Å²) in [6, 6.07) is 0. The number of hydrogen-bond acceptors (Lipinski definition) is 4. The minimum Gasteiger partial charge on any atom is -0.341 e. The number of nitrogens with one attached hydrogen (secondary N) is 2. The molecule has 0 bridgehead atoms. The highest BCUT2D eigenvalue weighted by Gasteiger charge is 2.32. The molecule has 2 aromatic heterocycles. The lowest BCUT2D eigenvalue weighted by molar-refractivity contribution is -0.120. The van der Waals surface area contributed by atoms with Crippen LogP contribution in [0.5, 0.6) is 0 Å². The standard InChI is InChI=1S/C11H12ClN5O/c1-5(6-2-3-6)10(18)17-11-15-8(12)7-9(16-11)14-4-13-7/h4-6H,2-3H2,1H3,(H2,13,14,15,16,17,18). The van der Waals surface area contributed by atoms with Crippen LogP contribution in [0.15, 0.2) is 6.33 Å². The maximum Gasteiger partial charge on any atom is 0.233 e. The molecule has 94 valence electrons. The molecule has 1 atom stereocenters. The fraction of sp³-hybridized carbons (Fsp3) is 0.455. The summed E-state index contributed by atoms with van der Waals surface area (Å²) in [6.45, 7) is 1.92.